The molecule has 2 aromatic carbocycles. The lowest BCUT2D eigenvalue weighted by Gasteiger charge is -2.31. The van der Waals surface area contributed by atoms with Crippen molar-refractivity contribution in [3.8, 4) is 0 Å². The van der Waals surface area contributed by atoms with Gasteiger partial charge in [-0.3, -0.25) is 10.2 Å². The highest BCUT2D eigenvalue weighted by Crippen LogP contribution is 2.42. The predicted octanol–water partition coefficient (Wildman–Crippen LogP) is 4.38. The first-order valence-corrected chi connectivity index (χ1v) is 8.29. The smallest absolute Gasteiger partial charge is 0.287 e. The van der Waals surface area contributed by atoms with Gasteiger partial charge in [0.15, 0.2) is 0 Å². The number of benzene rings is 2. The molecule has 3 rings (SSSR count). The van der Waals surface area contributed by atoms with E-state index in [1.54, 1.807) is 32.0 Å². The number of aryl methyl sites for hydroxylation is 1. The summed E-state index contributed by atoms with van der Waals surface area (Å²) in [6.07, 6.45) is -4.02. The van der Waals surface area contributed by atoms with Crippen molar-refractivity contribution in [2.24, 2.45) is 5.41 Å². The maximum absolute atomic E-state index is 14.0. The van der Waals surface area contributed by atoms with Gasteiger partial charge in [0.25, 0.3) is 0 Å². The molecular weight excluding hydrogens is 329 g/mol. The van der Waals surface area contributed by atoms with Crippen LogP contribution in [-0.4, -0.2) is 23.6 Å². The number of rotatable bonds is 3. The van der Waals surface area contributed by atoms with Crippen LogP contribution in [0.2, 0.25) is 0 Å². The Balaban J connectivity index is 2.14. The molecule has 1 aliphatic rings. The second kappa shape index (κ2) is 6.02. The van der Waals surface area contributed by atoms with Crippen molar-refractivity contribution >= 4 is 16.7 Å². The summed E-state index contributed by atoms with van der Waals surface area (Å²) in [5.74, 6) is -0.388. The third-order valence-corrected chi connectivity index (χ3v) is 4.73. The molecule has 0 saturated carbocycles. The topological polar surface area (TPSA) is 32.3 Å². The molecule has 0 bridgehead atoms. The van der Waals surface area contributed by atoms with E-state index in [0.717, 1.165) is 15.8 Å². The molecule has 1 amide bonds. The molecule has 1 N–H and O–H groups in total. The maximum Gasteiger partial charge on any atom is 0.409 e. The average Bonchev–Trinajstić information content (AvgIpc) is 2.78. The molecule has 1 heterocycles. The molecule has 1 saturated heterocycles. The Labute approximate surface area is 144 Å². The van der Waals surface area contributed by atoms with Gasteiger partial charge in [0.1, 0.15) is 6.04 Å². The second-order valence-electron chi connectivity index (χ2n) is 7.15. The molecule has 0 radical (unpaired) electrons. The van der Waals surface area contributed by atoms with Crippen molar-refractivity contribution in [1.29, 1.82) is 0 Å². The number of halogens is 3. The van der Waals surface area contributed by atoms with Crippen LogP contribution < -0.4 is 5.43 Å². The molecule has 0 aliphatic carbocycles. The summed E-state index contributed by atoms with van der Waals surface area (Å²) in [5, 5.41) is 2.70. The van der Waals surface area contributed by atoms with Crippen LogP contribution >= 0.6 is 0 Å². The number of hydrazine groups is 1. The first kappa shape index (κ1) is 17.7. The van der Waals surface area contributed by atoms with Crippen LogP contribution in [0.1, 0.15) is 37.9 Å². The number of fused-ring (bicyclic) bond motifs is 1. The zero-order valence-corrected chi connectivity index (χ0v) is 14.4. The molecule has 25 heavy (non-hydrogen) atoms. The van der Waals surface area contributed by atoms with E-state index in [4.69, 9.17) is 0 Å². The lowest BCUT2D eigenvalue weighted by atomic mass is 9.91. The standard InChI is InChI=1S/C19H21F3N2O/c1-4-12-9-13-7-5-6-8-14(13)10-15(12)16(19(20,21)22)24-11-18(2,3)17(25)23-24/h5-10,16H,4,11H2,1-3H3,(H,23,25). The number of carbonyl (C=O) groups is 1. The van der Waals surface area contributed by atoms with Gasteiger partial charge in [-0.05, 0) is 48.2 Å². The largest absolute Gasteiger partial charge is 0.409 e. The van der Waals surface area contributed by atoms with E-state index in [9.17, 15) is 18.0 Å². The minimum Gasteiger partial charge on any atom is -0.287 e. The van der Waals surface area contributed by atoms with Gasteiger partial charge in [-0.15, -0.1) is 0 Å². The van der Waals surface area contributed by atoms with Crippen molar-refractivity contribution < 1.29 is 18.0 Å². The Hall–Kier alpha value is -2.08. The van der Waals surface area contributed by atoms with Crippen LogP contribution in [0.4, 0.5) is 13.2 Å². The average molecular weight is 350 g/mol. The monoisotopic (exact) mass is 350 g/mol. The number of hydrogen-bond acceptors (Lipinski definition) is 2. The number of carbonyl (C=O) groups excluding carboxylic acids is 1. The molecular formula is C19H21F3N2O. The minimum absolute atomic E-state index is 0.00594. The van der Waals surface area contributed by atoms with Crippen molar-refractivity contribution in [3.05, 3.63) is 47.5 Å². The van der Waals surface area contributed by atoms with Gasteiger partial charge >= 0.3 is 6.18 Å². The fourth-order valence-electron chi connectivity index (χ4n) is 3.36. The zero-order chi connectivity index (χ0) is 18.4. The van der Waals surface area contributed by atoms with Gasteiger partial charge < -0.3 is 0 Å². The lowest BCUT2D eigenvalue weighted by Crippen LogP contribution is -2.44. The van der Waals surface area contributed by atoms with E-state index in [1.165, 1.54) is 0 Å². The molecule has 1 atom stereocenters. The fourth-order valence-corrected chi connectivity index (χ4v) is 3.36. The summed E-state index contributed by atoms with van der Waals surface area (Å²) >= 11 is 0. The summed E-state index contributed by atoms with van der Waals surface area (Å²) in [4.78, 5) is 12.0. The highest BCUT2D eigenvalue weighted by atomic mass is 19.4. The van der Waals surface area contributed by atoms with Gasteiger partial charge in [-0.25, -0.2) is 5.01 Å². The van der Waals surface area contributed by atoms with Gasteiger partial charge in [-0.1, -0.05) is 37.3 Å². The first-order valence-electron chi connectivity index (χ1n) is 8.29. The van der Waals surface area contributed by atoms with Crippen molar-refractivity contribution in [2.45, 2.75) is 39.4 Å². The summed E-state index contributed by atoms with van der Waals surface area (Å²) in [5.41, 5.74) is 2.41. The zero-order valence-electron chi connectivity index (χ0n) is 14.4. The minimum atomic E-state index is -4.50. The molecule has 1 unspecified atom stereocenters. The second-order valence-corrected chi connectivity index (χ2v) is 7.15. The van der Waals surface area contributed by atoms with E-state index in [2.05, 4.69) is 5.43 Å². The van der Waals surface area contributed by atoms with E-state index in [0.29, 0.717) is 12.0 Å². The molecule has 0 spiro atoms. The molecule has 1 aliphatic heterocycles. The molecule has 3 nitrogen and oxygen atoms in total. The third-order valence-electron chi connectivity index (χ3n) is 4.73. The highest BCUT2D eigenvalue weighted by Gasteiger charge is 2.51. The van der Waals surface area contributed by atoms with Crippen LogP contribution in [0.15, 0.2) is 36.4 Å². The molecule has 6 heteroatoms. The Morgan fingerprint density at radius 2 is 1.80 bits per heavy atom. The van der Waals surface area contributed by atoms with Crippen molar-refractivity contribution in [2.75, 3.05) is 6.54 Å². The highest BCUT2D eigenvalue weighted by molar-refractivity contribution is 5.85. The summed E-state index contributed by atoms with van der Waals surface area (Å²) in [6.45, 7) is 5.15. The molecule has 0 aromatic heterocycles. The van der Waals surface area contributed by atoms with Gasteiger partial charge in [0.2, 0.25) is 5.91 Å². The predicted molar refractivity (Wildman–Crippen MR) is 90.8 cm³/mol. The molecule has 134 valence electrons. The van der Waals surface area contributed by atoms with Crippen molar-refractivity contribution in [3.63, 3.8) is 0 Å². The summed E-state index contributed by atoms with van der Waals surface area (Å²) in [7, 11) is 0. The SMILES string of the molecule is CCc1cc2ccccc2cc1C(N1CC(C)(C)C(=O)N1)C(F)(F)F. The first-order chi connectivity index (χ1) is 11.6. The summed E-state index contributed by atoms with van der Waals surface area (Å²) < 4.78 is 41.9. The Morgan fingerprint density at radius 1 is 1.20 bits per heavy atom. The van der Waals surface area contributed by atoms with Crippen LogP contribution in [0.25, 0.3) is 10.8 Å². The van der Waals surface area contributed by atoms with Gasteiger partial charge in [0.05, 0.1) is 5.41 Å². The number of nitrogens with zero attached hydrogens (tertiary/aromatic N) is 1. The van der Waals surface area contributed by atoms with Crippen LogP contribution in [-0.2, 0) is 11.2 Å². The van der Waals surface area contributed by atoms with Gasteiger partial charge in [-0.2, -0.15) is 13.2 Å². The van der Waals surface area contributed by atoms with Crippen LogP contribution in [0, 0.1) is 5.41 Å². The quantitative estimate of drug-likeness (QED) is 0.891. The Kier molecular flexibility index (Phi) is 4.27. The number of alkyl halides is 3. The maximum atomic E-state index is 14.0. The van der Waals surface area contributed by atoms with E-state index in [1.807, 2.05) is 25.1 Å². The molecule has 2 aromatic rings. The Bertz CT molecular complexity index is 814. The van der Waals surface area contributed by atoms with E-state index in [-0.39, 0.29) is 18.0 Å². The normalized spacial score (nSPS) is 19.2. The third kappa shape index (κ3) is 3.23. The Morgan fingerprint density at radius 3 is 2.28 bits per heavy atom. The van der Waals surface area contributed by atoms with Crippen molar-refractivity contribution in [1.82, 2.24) is 10.4 Å². The number of amides is 1. The van der Waals surface area contributed by atoms with Crippen LogP contribution in [0.5, 0.6) is 0 Å². The van der Waals surface area contributed by atoms with E-state index < -0.39 is 17.6 Å². The summed E-state index contributed by atoms with van der Waals surface area (Å²) in [6, 6.07) is 8.92. The van der Waals surface area contributed by atoms with Crippen LogP contribution in [0.3, 0.4) is 0 Å². The number of nitrogens with one attached hydrogen (secondary N) is 1. The number of hydrogen-bond donors (Lipinski definition) is 1. The fraction of sp³-hybridized carbons (Fsp3) is 0.421. The lowest BCUT2D eigenvalue weighted by molar-refractivity contribution is -0.191. The van der Waals surface area contributed by atoms with Gasteiger partial charge in [0, 0.05) is 6.54 Å². The molecule has 1 fully saturated rings. The van der Waals surface area contributed by atoms with E-state index >= 15 is 0 Å².